The van der Waals surface area contributed by atoms with Crippen LogP contribution in [0.15, 0.2) is 46.9 Å². The zero-order chi connectivity index (χ0) is 16.4. The molecule has 0 spiro atoms. The van der Waals surface area contributed by atoms with Gasteiger partial charge >= 0.3 is 0 Å². The SMILES string of the molecule is Cc1ccc(N2CCN(C(=O)c3ccc(F)cc3)CC2)cc1Br. The maximum absolute atomic E-state index is 13.0. The summed E-state index contributed by atoms with van der Waals surface area (Å²) in [6.07, 6.45) is 0. The van der Waals surface area contributed by atoms with Crippen LogP contribution >= 0.6 is 15.9 Å². The van der Waals surface area contributed by atoms with Gasteiger partial charge in [0.15, 0.2) is 0 Å². The van der Waals surface area contributed by atoms with E-state index in [-0.39, 0.29) is 11.7 Å². The number of rotatable bonds is 2. The Morgan fingerprint density at radius 3 is 2.30 bits per heavy atom. The molecular weight excluding hydrogens is 359 g/mol. The lowest BCUT2D eigenvalue weighted by atomic mass is 10.1. The standard InChI is InChI=1S/C18H18BrFN2O/c1-13-2-7-16(12-17(13)19)21-8-10-22(11-9-21)18(23)14-3-5-15(20)6-4-14/h2-7,12H,8-11H2,1H3. The first-order valence-electron chi connectivity index (χ1n) is 7.60. The monoisotopic (exact) mass is 376 g/mol. The lowest BCUT2D eigenvalue weighted by Crippen LogP contribution is -2.48. The highest BCUT2D eigenvalue weighted by atomic mass is 79.9. The Morgan fingerprint density at radius 2 is 1.70 bits per heavy atom. The summed E-state index contributed by atoms with van der Waals surface area (Å²) >= 11 is 3.56. The molecule has 5 heteroatoms. The van der Waals surface area contributed by atoms with Crippen LogP contribution in [0.2, 0.25) is 0 Å². The predicted molar refractivity (Wildman–Crippen MR) is 93.4 cm³/mol. The Kier molecular flexibility index (Phi) is 4.66. The van der Waals surface area contributed by atoms with Gasteiger partial charge in [0, 0.05) is 41.9 Å². The minimum Gasteiger partial charge on any atom is -0.368 e. The number of anilines is 1. The highest BCUT2D eigenvalue weighted by Gasteiger charge is 2.22. The fraction of sp³-hybridized carbons (Fsp3) is 0.278. The van der Waals surface area contributed by atoms with E-state index in [9.17, 15) is 9.18 Å². The van der Waals surface area contributed by atoms with E-state index in [2.05, 4.69) is 46.0 Å². The molecule has 1 fully saturated rings. The highest BCUT2D eigenvalue weighted by molar-refractivity contribution is 9.10. The Labute approximate surface area is 143 Å². The molecule has 0 unspecified atom stereocenters. The third-order valence-corrected chi connectivity index (χ3v) is 5.03. The normalized spacial score (nSPS) is 14.9. The maximum atomic E-state index is 13.0. The molecule has 0 radical (unpaired) electrons. The molecule has 2 aromatic carbocycles. The smallest absolute Gasteiger partial charge is 0.253 e. The van der Waals surface area contributed by atoms with E-state index < -0.39 is 0 Å². The van der Waals surface area contributed by atoms with Crippen molar-refractivity contribution in [1.82, 2.24) is 4.90 Å². The number of carbonyl (C=O) groups is 1. The van der Waals surface area contributed by atoms with E-state index in [1.807, 2.05) is 4.90 Å². The number of hydrogen-bond acceptors (Lipinski definition) is 2. The van der Waals surface area contributed by atoms with E-state index in [0.717, 1.165) is 23.2 Å². The topological polar surface area (TPSA) is 23.6 Å². The quantitative estimate of drug-likeness (QED) is 0.794. The summed E-state index contributed by atoms with van der Waals surface area (Å²) in [7, 11) is 0. The van der Waals surface area contributed by atoms with Crippen LogP contribution in [0, 0.1) is 12.7 Å². The zero-order valence-corrected chi connectivity index (χ0v) is 14.5. The van der Waals surface area contributed by atoms with Crippen molar-refractivity contribution >= 4 is 27.5 Å². The molecule has 0 bridgehead atoms. The number of amides is 1. The molecule has 0 saturated carbocycles. The first kappa shape index (κ1) is 16.0. The van der Waals surface area contributed by atoms with E-state index in [1.54, 1.807) is 12.1 Å². The van der Waals surface area contributed by atoms with E-state index in [4.69, 9.17) is 0 Å². The van der Waals surface area contributed by atoms with Crippen LogP contribution in [0.1, 0.15) is 15.9 Å². The van der Waals surface area contributed by atoms with Crippen molar-refractivity contribution in [3.05, 3.63) is 63.9 Å². The molecule has 0 atom stereocenters. The van der Waals surface area contributed by atoms with E-state index in [1.165, 1.54) is 17.7 Å². The van der Waals surface area contributed by atoms with Gasteiger partial charge in [0.25, 0.3) is 5.91 Å². The van der Waals surface area contributed by atoms with Crippen LogP contribution in [0.3, 0.4) is 0 Å². The third-order valence-electron chi connectivity index (χ3n) is 4.18. The minimum atomic E-state index is -0.323. The molecule has 0 aliphatic carbocycles. The van der Waals surface area contributed by atoms with Gasteiger partial charge in [0.1, 0.15) is 5.82 Å². The van der Waals surface area contributed by atoms with Gasteiger partial charge in [-0.25, -0.2) is 4.39 Å². The Balaban J connectivity index is 1.64. The number of aryl methyl sites for hydroxylation is 1. The molecule has 1 aliphatic rings. The number of carbonyl (C=O) groups excluding carboxylic acids is 1. The van der Waals surface area contributed by atoms with Crippen LogP contribution in [0.5, 0.6) is 0 Å². The van der Waals surface area contributed by atoms with Crippen molar-refractivity contribution < 1.29 is 9.18 Å². The van der Waals surface area contributed by atoms with Gasteiger partial charge in [-0.1, -0.05) is 22.0 Å². The Hall–Kier alpha value is -1.88. The third kappa shape index (κ3) is 3.55. The summed E-state index contributed by atoms with van der Waals surface area (Å²) in [4.78, 5) is 16.5. The van der Waals surface area contributed by atoms with Crippen molar-refractivity contribution in [2.45, 2.75) is 6.92 Å². The molecular formula is C18H18BrFN2O. The maximum Gasteiger partial charge on any atom is 0.253 e. The van der Waals surface area contributed by atoms with Crippen molar-refractivity contribution in [2.75, 3.05) is 31.1 Å². The number of piperazine rings is 1. The van der Waals surface area contributed by atoms with Crippen LogP contribution in [-0.4, -0.2) is 37.0 Å². The second-order valence-electron chi connectivity index (χ2n) is 5.72. The van der Waals surface area contributed by atoms with Gasteiger partial charge in [-0.3, -0.25) is 4.79 Å². The molecule has 120 valence electrons. The van der Waals surface area contributed by atoms with Gasteiger partial charge in [-0.15, -0.1) is 0 Å². The van der Waals surface area contributed by atoms with Crippen LogP contribution in [0.4, 0.5) is 10.1 Å². The summed E-state index contributed by atoms with van der Waals surface area (Å²) in [5.41, 5.74) is 2.91. The largest absolute Gasteiger partial charge is 0.368 e. The highest BCUT2D eigenvalue weighted by Crippen LogP contribution is 2.24. The average Bonchev–Trinajstić information content (AvgIpc) is 2.57. The number of nitrogens with zero attached hydrogens (tertiary/aromatic N) is 2. The van der Waals surface area contributed by atoms with Gasteiger partial charge in [0.2, 0.25) is 0 Å². The van der Waals surface area contributed by atoms with Crippen LogP contribution < -0.4 is 4.90 Å². The Morgan fingerprint density at radius 1 is 1.04 bits per heavy atom. The summed E-state index contributed by atoms with van der Waals surface area (Å²) in [5, 5.41) is 0. The van der Waals surface area contributed by atoms with E-state index in [0.29, 0.717) is 18.7 Å². The van der Waals surface area contributed by atoms with Gasteiger partial charge in [-0.2, -0.15) is 0 Å². The second-order valence-corrected chi connectivity index (χ2v) is 6.57. The molecule has 0 aromatic heterocycles. The van der Waals surface area contributed by atoms with E-state index >= 15 is 0 Å². The summed E-state index contributed by atoms with van der Waals surface area (Å²) in [6, 6.07) is 12.1. The Bertz CT molecular complexity index is 709. The molecule has 2 aromatic rings. The van der Waals surface area contributed by atoms with Crippen LogP contribution in [-0.2, 0) is 0 Å². The fourth-order valence-corrected chi connectivity index (χ4v) is 3.09. The van der Waals surface area contributed by atoms with Crippen molar-refractivity contribution in [1.29, 1.82) is 0 Å². The average molecular weight is 377 g/mol. The van der Waals surface area contributed by atoms with Gasteiger partial charge in [0.05, 0.1) is 0 Å². The predicted octanol–water partition coefficient (Wildman–Crippen LogP) is 3.86. The van der Waals surface area contributed by atoms with Crippen molar-refractivity contribution in [3.8, 4) is 0 Å². The molecule has 0 N–H and O–H groups in total. The summed E-state index contributed by atoms with van der Waals surface area (Å²) < 4.78 is 14.1. The lowest BCUT2D eigenvalue weighted by Gasteiger charge is -2.36. The summed E-state index contributed by atoms with van der Waals surface area (Å²) in [5.74, 6) is -0.356. The number of halogens is 2. The molecule has 23 heavy (non-hydrogen) atoms. The molecule has 1 saturated heterocycles. The van der Waals surface area contributed by atoms with Crippen molar-refractivity contribution in [3.63, 3.8) is 0 Å². The second kappa shape index (κ2) is 6.71. The van der Waals surface area contributed by atoms with Crippen LogP contribution in [0.25, 0.3) is 0 Å². The first-order valence-corrected chi connectivity index (χ1v) is 8.40. The molecule has 1 heterocycles. The lowest BCUT2D eigenvalue weighted by molar-refractivity contribution is 0.0746. The summed E-state index contributed by atoms with van der Waals surface area (Å²) in [6.45, 7) is 4.99. The van der Waals surface area contributed by atoms with Gasteiger partial charge < -0.3 is 9.80 Å². The number of hydrogen-bond donors (Lipinski definition) is 0. The molecule has 1 amide bonds. The first-order chi connectivity index (χ1) is 11.0. The molecule has 1 aliphatic heterocycles. The zero-order valence-electron chi connectivity index (χ0n) is 12.9. The fourth-order valence-electron chi connectivity index (χ4n) is 2.72. The van der Waals surface area contributed by atoms with Gasteiger partial charge in [-0.05, 0) is 48.9 Å². The minimum absolute atomic E-state index is 0.0327. The molecule has 3 nitrogen and oxygen atoms in total. The molecule has 3 rings (SSSR count). The number of benzene rings is 2. The van der Waals surface area contributed by atoms with Crippen molar-refractivity contribution in [2.24, 2.45) is 0 Å².